The monoisotopic (exact) mass is 369 g/mol. The molecule has 2 N–H and O–H groups in total. The summed E-state index contributed by atoms with van der Waals surface area (Å²) in [6, 6.07) is 14.5. The van der Waals surface area contributed by atoms with Crippen molar-refractivity contribution < 1.29 is 0 Å². The van der Waals surface area contributed by atoms with Gasteiger partial charge in [-0.1, -0.05) is 39.7 Å². The van der Waals surface area contributed by atoms with Crippen molar-refractivity contribution in [2.24, 2.45) is 5.73 Å². The number of fused-ring (bicyclic) bond motifs is 1. The van der Waals surface area contributed by atoms with Crippen LogP contribution in [0.2, 0.25) is 0 Å². The Balaban J connectivity index is 2.08. The van der Waals surface area contributed by atoms with Crippen molar-refractivity contribution in [3.8, 4) is 11.4 Å². The van der Waals surface area contributed by atoms with Gasteiger partial charge in [0.15, 0.2) is 5.82 Å². The number of nitrogens with two attached hydrogens (primary N) is 1. The highest BCUT2D eigenvalue weighted by Gasteiger charge is 2.10. The number of hydrogen-bond donors (Lipinski definition) is 1. The lowest BCUT2D eigenvalue weighted by atomic mass is 10.1. The maximum Gasteiger partial charge on any atom is 0.160 e. The first-order chi connectivity index (χ1) is 11.2. The molecule has 3 nitrogen and oxygen atoms in total. The lowest BCUT2D eigenvalue weighted by Crippen LogP contribution is -2.02. The summed E-state index contributed by atoms with van der Waals surface area (Å²) in [7, 11) is 0. The lowest BCUT2D eigenvalue weighted by Gasteiger charge is -2.10. The molecule has 4 heteroatoms. The Labute approximate surface area is 145 Å². The van der Waals surface area contributed by atoms with E-state index < -0.39 is 0 Å². The van der Waals surface area contributed by atoms with Crippen molar-refractivity contribution in [2.75, 3.05) is 6.54 Å². The van der Waals surface area contributed by atoms with Crippen LogP contribution in [0.5, 0.6) is 0 Å². The summed E-state index contributed by atoms with van der Waals surface area (Å²) in [5, 5.41) is 1.16. The standard InChI is InChI=1S/C19H20BrN3/c1-13-5-10-18-16(12-13)17(4-2-3-11-21)22-19(23-18)14-6-8-15(20)9-7-14/h5-10,12H,2-4,11,21H2,1H3. The molecular weight excluding hydrogens is 350 g/mol. The number of halogens is 1. The number of aromatic nitrogens is 2. The SMILES string of the molecule is Cc1ccc2nc(-c3ccc(Br)cc3)nc(CCCCN)c2c1. The third kappa shape index (κ3) is 3.77. The Hall–Kier alpha value is -1.78. The first kappa shape index (κ1) is 16.1. The van der Waals surface area contributed by atoms with Crippen LogP contribution in [0.1, 0.15) is 24.1 Å². The van der Waals surface area contributed by atoms with E-state index in [4.69, 9.17) is 15.7 Å². The number of hydrogen-bond acceptors (Lipinski definition) is 3. The molecule has 2 aromatic carbocycles. The molecule has 3 rings (SSSR count). The minimum absolute atomic E-state index is 0.724. The molecule has 0 atom stereocenters. The summed E-state index contributed by atoms with van der Waals surface area (Å²) in [6.07, 6.45) is 3.00. The van der Waals surface area contributed by atoms with E-state index in [1.54, 1.807) is 0 Å². The summed E-state index contributed by atoms with van der Waals surface area (Å²) in [5.74, 6) is 0.789. The van der Waals surface area contributed by atoms with E-state index in [2.05, 4.69) is 41.1 Å². The summed E-state index contributed by atoms with van der Waals surface area (Å²) in [6.45, 7) is 2.83. The van der Waals surface area contributed by atoms with Gasteiger partial charge in [0.05, 0.1) is 11.2 Å². The fraction of sp³-hybridized carbons (Fsp3) is 0.263. The van der Waals surface area contributed by atoms with Gasteiger partial charge >= 0.3 is 0 Å². The zero-order valence-corrected chi connectivity index (χ0v) is 14.8. The number of benzene rings is 2. The highest BCUT2D eigenvalue weighted by Crippen LogP contribution is 2.25. The molecule has 0 spiro atoms. The molecule has 1 heterocycles. The highest BCUT2D eigenvalue weighted by atomic mass is 79.9. The van der Waals surface area contributed by atoms with Crippen LogP contribution in [0.4, 0.5) is 0 Å². The number of unbranched alkanes of at least 4 members (excludes halogenated alkanes) is 1. The zero-order valence-electron chi connectivity index (χ0n) is 13.2. The van der Waals surface area contributed by atoms with Gasteiger partial charge in [-0.05, 0) is 57.0 Å². The molecule has 118 valence electrons. The van der Waals surface area contributed by atoms with Gasteiger partial charge in [-0.15, -0.1) is 0 Å². The van der Waals surface area contributed by atoms with Gasteiger partial charge in [0.2, 0.25) is 0 Å². The quantitative estimate of drug-likeness (QED) is 0.665. The molecule has 0 bridgehead atoms. The molecule has 0 saturated heterocycles. The number of rotatable bonds is 5. The maximum atomic E-state index is 5.63. The number of aryl methyl sites for hydroxylation is 2. The average Bonchev–Trinajstić information content (AvgIpc) is 2.56. The molecule has 0 unspecified atom stereocenters. The van der Waals surface area contributed by atoms with E-state index in [1.807, 2.05) is 24.3 Å². The second-order valence-electron chi connectivity index (χ2n) is 5.77. The third-order valence-electron chi connectivity index (χ3n) is 3.90. The van der Waals surface area contributed by atoms with Crippen LogP contribution in [-0.2, 0) is 6.42 Å². The van der Waals surface area contributed by atoms with Crippen LogP contribution < -0.4 is 5.73 Å². The summed E-state index contributed by atoms with van der Waals surface area (Å²) in [5.41, 5.74) is 10.0. The lowest BCUT2D eigenvalue weighted by molar-refractivity contribution is 0.735. The molecule has 23 heavy (non-hydrogen) atoms. The van der Waals surface area contributed by atoms with Gasteiger partial charge in [-0.25, -0.2) is 9.97 Å². The van der Waals surface area contributed by atoms with Crippen molar-refractivity contribution in [3.63, 3.8) is 0 Å². The molecule has 0 radical (unpaired) electrons. The van der Waals surface area contributed by atoms with Crippen molar-refractivity contribution in [3.05, 3.63) is 58.2 Å². The molecule has 3 aromatic rings. The van der Waals surface area contributed by atoms with Crippen LogP contribution in [-0.4, -0.2) is 16.5 Å². The topological polar surface area (TPSA) is 51.8 Å². The van der Waals surface area contributed by atoms with Crippen LogP contribution in [0.15, 0.2) is 46.9 Å². The van der Waals surface area contributed by atoms with Gasteiger partial charge < -0.3 is 5.73 Å². The van der Waals surface area contributed by atoms with Gasteiger partial charge in [0.1, 0.15) is 0 Å². The zero-order chi connectivity index (χ0) is 16.2. The van der Waals surface area contributed by atoms with Gasteiger partial charge in [-0.2, -0.15) is 0 Å². The van der Waals surface area contributed by atoms with Crippen molar-refractivity contribution >= 4 is 26.8 Å². The third-order valence-corrected chi connectivity index (χ3v) is 4.43. The second kappa shape index (κ2) is 7.20. The smallest absolute Gasteiger partial charge is 0.160 e. The first-order valence-corrected chi connectivity index (χ1v) is 8.70. The molecule has 0 amide bonds. The van der Waals surface area contributed by atoms with E-state index in [1.165, 1.54) is 5.56 Å². The van der Waals surface area contributed by atoms with Crippen molar-refractivity contribution in [1.29, 1.82) is 0 Å². The molecular formula is C19H20BrN3. The second-order valence-corrected chi connectivity index (χ2v) is 6.68. The minimum Gasteiger partial charge on any atom is -0.330 e. The van der Waals surface area contributed by atoms with Crippen molar-refractivity contribution in [1.82, 2.24) is 9.97 Å². The van der Waals surface area contributed by atoms with E-state index >= 15 is 0 Å². The Morgan fingerprint density at radius 1 is 1.00 bits per heavy atom. The molecule has 0 aliphatic carbocycles. The fourth-order valence-corrected chi connectivity index (χ4v) is 2.93. The Morgan fingerprint density at radius 2 is 1.78 bits per heavy atom. The summed E-state index contributed by atoms with van der Waals surface area (Å²) in [4.78, 5) is 9.60. The van der Waals surface area contributed by atoms with Crippen LogP contribution >= 0.6 is 15.9 Å². The van der Waals surface area contributed by atoms with E-state index in [-0.39, 0.29) is 0 Å². The normalized spacial score (nSPS) is 11.1. The largest absolute Gasteiger partial charge is 0.330 e. The van der Waals surface area contributed by atoms with Crippen LogP contribution in [0.3, 0.4) is 0 Å². The number of nitrogens with zero attached hydrogens (tertiary/aromatic N) is 2. The summed E-state index contributed by atoms with van der Waals surface area (Å²) < 4.78 is 1.06. The molecule has 0 saturated carbocycles. The maximum absolute atomic E-state index is 5.63. The Morgan fingerprint density at radius 3 is 2.52 bits per heavy atom. The molecule has 1 aromatic heterocycles. The molecule has 0 aliphatic heterocycles. The highest BCUT2D eigenvalue weighted by molar-refractivity contribution is 9.10. The first-order valence-electron chi connectivity index (χ1n) is 7.90. The Bertz CT molecular complexity index is 813. The van der Waals surface area contributed by atoms with Gasteiger partial charge in [0.25, 0.3) is 0 Å². The molecule has 0 fully saturated rings. The minimum atomic E-state index is 0.724. The summed E-state index contributed by atoms with van der Waals surface area (Å²) >= 11 is 3.47. The predicted molar refractivity (Wildman–Crippen MR) is 99.4 cm³/mol. The fourth-order valence-electron chi connectivity index (χ4n) is 2.66. The van der Waals surface area contributed by atoms with Crippen LogP contribution in [0.25, 0.3) is 22.3 Å². The predicted octanol–water partition coefficient (Wildman–Crippen LogP) is 4.65. The van der Waals surface area contributed by atoms with Gasteiger partial charge in [-0.3, -0.25) is 0 Å². The van der Waals surface area contributed by atoms with Crippen molar-refractivity contribution in [2.45, 2.75) is 26.2 Å². The van der Waals surface area contributed by atoms with E-state index in [0.29, 0.717) is 0 Å². The van der Waals surface area contributed by atoms with Gasteiger partial charge in [0, 0.05) is 15.4 Å². The molecule has 0 aliphatic rings. The van der Waals surface area contributed by atoms with E-state index in [0.717, 1.165) is 58.3 Å². The Kier molecular flexibility index (Phi) is 5.03. The van der Waals surface area contributed by atoms with Crippen LogP contribution in [0, 0.1) is 6.92 Å². The van der Waals surface area contributed by atoms with E-state index in [9.17, 15) is 0 Å². The average molecular weight is 370 g/mol.